The third-order valence-corrected chi connectivity index (χ3v) is 8.71. The molecule has 0 radical (unpaired) electrons. The minimum Gasteiger partial charge on any atom is -0.379 e. The van der Waals surface area contributed by atoms with Gasteiger partial charge in [-0.25, -0.2) is 0 Å². The maximum absolute atomic E-state index is 6.23. The van der Waals surface area contributed by atoms with Crippen molar-refractivity contribution in [1.29, 1.82) is 0 Å². The van der Waals surface area contributed by atoms with Gasteiger partial charge in [0.25, 0.3) is 0 Å². The summed E-state index contributed by atoms with van der Waals surface area (Å²) in [6.45, 7) is 8.00. The predicted octanol–water partition coefficient (Wildman–Crippen LogP) is 13.0. The van der Waals surface area contributed by atoms with Crippen molar-refractivity contribution in [2.45, 2.75) is 200 Å². The molecule has 262 valence electrons. The Morgan fingerprint density at radius 3 is 1.32 bits per heavy atom. The van der Waals surface area contributed by atoms with E-state index in [2.05, 4.69) is 57.1 Å². The first-order valence-electron chi connectivity index (χ1n) is 19.8. The Labute approximate surface area is 278 Å². The van der Waals surface area contributed by atoms with Crippen LogP contribution >= 0.6 is 0 Å². The average molecular weight is 620 g/mol. The summed E-state index contributed by atoms with van der Waals surface area (Å²) in [7, 11) is 4.26. The molecule has 3 heteroatoms. The first-order chi connectivity index (χ1) is 21.7. The van der Waals surface area contributed by atoms with E-state index in [0.717, 1.165) is 32.8 Å². The third-order valence-electron chi connectivity index (χ3n) is 8.71. The maximum atomic E-state index is 6.23. The lowest BCUT2D eigenvalue weighted by molar-refractivity contribution is -0.0287. The molecule has 0 bridgehead atoms. The van der Waals surface area contributed by atoms with Crippen LogP contribution in [0, 0.1) is 0 Å². The molecule has 0 aromatic carbocycles. The van der Waals surface area contributed by atoms with E-state index in [1.54, 1.807) is 0 Å². The fourth-order valence-electron chi connectivity index (χ4n) is 5.87. The molecule has 0 aromatic heterocycles. The van der Waals surface area contributed by atoms with Gasteiger partial charge in [-0.1, -0.05) is 173 Å². The van der Waals surface area contributed by atoms with Crippen molar-refractivity contribution in [3.05, 3.63) is 24.3 Å². The molecule has 0 saturated heterocycles. The molecule has 1 atom stereocenters. The summed E-state index contributed by atoms with van der Waals surface area (Å²) in [6.07, 6.45) is 47.6. The average Bonchev–Trinajstić information content (AvgIpc) is 3.01. The van der Waals surface area contributed by atoms with Crippen LogP contribution in [0.15, 0.2) is 24.3 Å². The van der Waals surface area contributed by atoms with Crippen LogP contribution in [0.2, 0.25) is 0 Å². The quantitative estimate of drug-likeness (QED) is 0.0510. The van der Waals surface area contributed by atoms with Crippen molar-refractivity contribution >= 4 is 0 Å². The maximum Gasteiger partial charge on any atom is 0.0934 e. The molecular formula is C41H81NO2. The minimum absolute atomic E-state index is 0.200. The lowest BCUT2D eigenvalue weighted by atomic mass is 10.0. The molecule has 1 unspecified atom stereocenters. The molecule has 0 heterocycles. The van der Waals surface area contributed by atoms with Crippen LogP contribution in [0.3, 0.4) is 0 Å². The van der Waals surface area contributed by atoms with Gasteiger partial charge in [-0.3, -0.25) is 0 Å². The van der Waals surface area contributed by atoms with Crippen LogP contribution in [0.5, 0.6) is 0 Å². The number of ether oxygens (including phenoxy) is 2. The summed E-state index contributed by atoms with van der Waals surface area (Å²) >= 11 is 0. The van der Waals surface area contributed by atoms with Crippen molar-refractivity contribution in [2.75, 3.05) is 40.5 Å². The van der Waals surface area contributed by atoms with Gasteiger partial charge in [-0.15, -0.1) is 0 Å². The number of likely N-dealkylation sites (N-methyl/N-ethyl adjacent to an activating group) is 1. The summed E-state index contributed by atoms with van der Waals surface area (Å²) in [4.78, 5) is 2.22. The Hall–Kier alpha value is -0.640. The van der Waals surface area contributed by atoms with Gasteiger partial charge < -0.3 is 14.4 Å². The first-order valence-corrected chi connectivity index (χ1v) is 19.8. The van der Waals surface area contributed by atoms with Crippen molar-refractivity contribution in [3.8, 4) is 0 Å². The van der Waals surface area contributed by atoms with E-state index in [9.17, 15) is 0 Å². The molecule has 0 saturated carbocycles. The van der Waals surface area contributed by atoms with E-state index in [-0.39, 0.29) is 6.10 Å². The van der Waals surface area contributed by atoms with E-state index in [0.29, 0.717) is 0 Å². The zero-order valence-electron chi connectivity index (χ0n) is 30.8. The second-order valence-electron chi connectivity index (χ2n) is 13.7. The monoisotopic (exact) mass is 620 g/mol. The Morgan fingerprint density at radius 1 is 0.455 bits per heavy atom. The van der Waals surface area contributed by atoms with Gasteiger partial charge in [0, 0.05) is 19.8 Å². The van der Waals surface area contributed by atoms with Crippen LogP contribution in [0.4, 0.5) is 0 Å². The van der Waals surface area contributed by atoms with E-state index >= 15 is 0 Å². The summed E-state index contributed by atoms with van der Waals surface area (Å²) in [6, 6.07) is 0. The van der Waals surface area contributed by atoms with Gasteiger partial charge in [0.2, 0.25) is 0 Å². The highest BCUT2D eigenvalue weighted by atomic mass is 16.5. The fraction of sp³-hybridized carbons (Fsp3) is 0.902. The number of nitrogens with zero attached hydrogens (tertiary/aromatic N) is 1. The number of rotatable bonds is 37. The first kappa shape index (κ1) is 43.4. The standard InChI is InChI=1S/C41H81NO2/c1-5-7-9-11-13-15-17-19-21-23-25-27-29-31-33-35-37-43-40-41(39-42(3)4)44-38-36-34-32-30-28-26-24-22-20-18-16-14-12-10-8-6-2/h13,15,19,21,41H,5-12,14,16-18,20,22-40H2,1-4H3/b15-13-,21-19-. The van der Waals surface area contributed by atoms with Crippen molar-refractivity contribution < 1.29 is 9.47 Å². The largest absolute Gasteiger partial charge is 0.379 e. The highest BCUT2D eigenvalue weighted by Crippen LogP contribution is 2.14. The Bertz CT molecular complexity index is 573. The van der Waals surface area contributed by atoms with Crippen molar-refractivity contribution in [2.24, 2.45) is 0 Å². The second kappa shape index (κ2) is 38.5. The summed E-state index contributed by atoms with van der Waals surface area (Å²) in [5.41, 5.74) is 0. The Morgan fingerprint density at radius 2 is 0.841 bits per heavy atom. The van der Waals surface area contributed by atoms with Gasteiger partial charge in [-0.2, -0.15) is 0 Å². The summed E-state index contributed by atoms with van der Waals surface area (Å²) < 4.78 is 12.3. The molecule has 44 heavy (non-hydrogen) atoms. The Kier molecular flexibility index (Phi) is 38.0. The van der Waals surface area contributed by atoms with E-state index < -0.39 is 0 Å². The zero-order chi connectivity index (χ0) is 32.0. The molecule has 0 rings (SSSR count). The minimum atomic E-state index is 0.200. The molecule has 0 aliphatic heterocycles. The SMILES string of the molecule is CCCCC/C=C\C/C=C\CCCCCCCCOCC(CN(C)C)OCCCCCCCCCCCCCCCCCC. The highest BCUT2D eigenvalue weighted by Gasteiger charge is 2.10. The number of hydrogen-bond acceptors (Lipinski definition) is 3. The number of allylic oxidation sites excluding steroid dienone is 4. The topological polar surface area (TPSA) is 21.7 Å². The van der Waals surface area contributed by atoms with E-state index in [4.69, 9.17) is 9.47 Å². The summed E-state index contributed by atoms with van der Waals surface area (Å²) in [5.74, 6) is 0. The zero-order valence-corrected chi connectivity index (χ0v) is 30.8. The number of unbranched alkanes of at least 4 members (excludes halogenated alkanes) is 24. The number of hydrogen-bond donors (Lipinski definition) is 0. The van der Waals surface area contributed by atoms with Crippen LogP contribution in [0.25, 0.3) is 0 Å². The molecule has 0 amide bonds. The van der Waals surface area contributed by atoms with Gasteiger partial charge in [0.05, 0.1) is 12.7 Å². The molecule has 0 aliphatic rings. The highest BCUT2D eigenvalue weighted by molar-refractivity contribution is 4.92. The Balaban J connectivity index is 3.51. The smallest absolute Gasteiger partial charge is 0.0934 e. The fourth-order valence-corrected chi connectivity index (χ4v) is 5.87. The molecule has 3 nitrogen and oxygen atoms in total. The van der Waals surface area contributed by atoms with Gasteiger partial charge in [-0.05, 0) is 59.0 Å². The van der Waals surface area contributed by atoms with Crippen molar-refractivity contribution in [1.82, 2.24) is 4.90 Å². The lowest BCUT2D eigenvalue weighted by Crippen LogP contribution is -2.32. The molecule has 0 N–H and O–H groups in total. The van der Waals surface area contributed by atoms with Gasteiger partial charge in [0.1, 0.15) is 0 Å². The molecular weight excluding hydrogens is 538 g/mol. The second-order valence-corrected chi connectivity index (χ2v) is 13.7. The summed E-state index contributed by atoms with van der Waals surface area (Å²) in [5, 5.41) is 0. The van der Waals surface area contributed by atoms with Crippen LogP contribution in [-0.2, 0) is 9.47 Å². The lowest BCUT2D eigenvalue weighted by Gasteiger charge is -2.21. The van der Waals surface area contributed by atoms with Gasteiger partial charge in [0.15, 0.2) is 0 Å². The van der Waals surface area contributed by atoms with Crippen LogP contribution < -0.4 is 0 Å². The molecule has 0 fully saturated rings. The van der Waals surface area contributed by atoms with Crippen molar-refractivity contribution in [3.63, 3.8) is 0 Å². The van der Waals surface area contributed by atoms with E-state index in [1.165, 1.54) is 173 Å². The van der Waals surface area contributed by atoms with Gasteiger partial charge >= 0.3 is 0 Å². The predicted molar refractivity (Wildman–Crippen MR) is 198 cm³/mol. The molecule has 0 aliphatic carbocycles. The van der Waals surface area contributed by atoms with Crippen LogP contribution in [-0.4, -0.2) is 51.5 Å². The van der Waals surface area contributed by atoms with Crippen LogP contribution in [0.1, 0.15) is 194 Å². The van der Waals surface area contributed by atoms with E-state index in [1.807, 2.05) is 0 Å². The normalized spacial score (nSPS) is 12.8. The third kappa shape index (κ3) is 37.5. The molecule has 0 aromatic rings. The molecule has 0 spiro atoms.